The molecule has 0 fully saturated rings. The number of aromatic nitrogens is 2. The molecule has 0 amide bonds. The van der Waals surface area contributed by atoms with Crippen LogP contribution in [0.2, 0.25) is 5.02 Å². The van der Waals surface area contributed by atoms with Crippen LogP contribution in [-0.2, 0) is 7.05 Å². The van der Waals surface area contributed by atoms with Crippen molar-refractivity contribution in [2.45, 2.75) is 6.92 Å². The summed E-state index contributed by atoms with van der Waals surface area (Å²) in [6.45, 7) is 1.68. The Bertz CT molecular complexity index is 476. The maximum Gasteiger partial charge on any atom is 0.146 e. The summed E-state index contributed by atoms with van der Waals surface area (Å²) in [6, 6.07) is 1.59. The molecule has 0 aliphatic rings. The van der Waals surface area contributed by atoms with Crippen LogP contribution in [0.1, 0.15) is 5.56 Å². The zero-order valence-corrected chi connectivity index (χ0v) is 8.06. The Morgan fingerprint density at radius 2 is 2.23 bits per heavy atom. The second-order valence-electron chi connectivity index (χ2n) is 3.04. The lowest BCUT2D eigenvalue weighted by Gasteiger charge is -1.98. The molecule has 0 spiro atoms. The molecule has 1 aromatic carbocycles. The zero-order chi connectivity index (χ0) is 9.59. The van der Waals surface area contributed by atoms with E-state index in [0.29, 0.717) is 11.1 Å². The summed E-state index contributed by atoms with van der Waals surface area (Å²) in [7, 11) is 1.80. The number of hydrogen-bond donors (Lipinski definition) is 0. The van der Waals surface area contributed by atoms with Crippen LogP contribution in [-0.4, -0.2) is 9.78 Å². The minimum absolute atomic E-state index is 0.151. The molecule has 2 aromatic rings. The average Bonchev–Trinajstić information content (AvgIpc) is 2.42. The number of nitrogens with zero attached hydrogens (tertiary/aromatic N) is 2. The van der Waals surface area contributed by atoms with Gasteiger partial charge >= 0.3 is 0 Å². The molecule has 0 unspecified atom stereocenters. The molecule has 0 atom stereocenters. The van der Waals surface area contributed by atoms with Crippen LogP contribution >= 0.6 is 11.6 Å². The van der Waals surface area contributed by atoms with Gasteiger partial charge in [0.05, 0.1) is 10.5 Å². The Balaban J connectivity index is 2.92. The van der Waals surface area contributed by atoms with E-state index in [1.54, 1.807) is 24.7 Å². The van der Waals surface area contributed by atoms with E-state index in [-0.39, 0.29) is 10.8 Å². The van der Waals surface area contributed by atoms with Crippen molar-refractivity contribution >= 4 is 22.5 Å². The molecule has 1 aromatic heterocycles. The highest BCUT2D eigenvalue weighted by Crippen LogP contribution is 2.25. The quantitative estimate of drug-likeness (QED) is 0.637. The summed E-state index contributed by atoms with van der Waals surface area (Å²) in [5, 5.41) is 5.15. The van der Waals surface area contributed by atoms with Gasteiger partial charge in [-0.2, -0.15) is 5.10 Å². The second kappa shape index (κ2) is 2.70. The van der Waals surface area contributed by atoms with Crippen molar-refractivity contribution in [2.75, 3.05) is 0 Å². The molecule has 1 heterocycles. The topological polar surface area (TPSA) is 17.8 Å². The summed E-state index contributed by atoms with van der Waals surface area (Å²) in [6.07, 6.45) is 1.81. The van der Waals surface area contributed by atoms with Gasteiger partial charge in [-0.15, -0.1) is 0 Å². The van der Waals surface area contributed by atoms with Gasteiger partial charge in [-0.25, -0.2) is 4.39 Å². The Morgan fingerprint density at radius 3 is 2.92 bits per heavy atom. The third-order valence-electron chi connectivity index (χ3n) is 2.03. The fourth-order valence-electron chi connectivity index (χ4n) is 1.39. The van der Waals surface area contributed by atoms with E-state index < -0.39 is 0 Å². The predicted molar refractivity (Wildman–Crippen MR) is 50.4 cm³/mol. The minimum Gasteiger partial charge on any atom is -0.275 e. The van der Waals surface area contributed by atoms with E-state index in [4.69, 9.17) is 11.6 Å². The van der Waals surface area contributed by atoms with Crippen LogP contribution in [0.3, 0.4) is 0 Å². The molecule has 0 saturated carbocycles. The fraction of sp³-hybridized carbons (Fsp3) is 0.222. The van der Waals surface area contributed by atoms with Crippen molar-refractivity contribution in [1.82, 2.24) is 9.78 Å². The van der Waals surface area contributed by atoms with Gasteiger partial charge in [0, 0.05) is 24.2 Å². The Kier molecular flexibility index (Phi) is 1.77. The highest BCUT2D eigenvalue weighted by Gasteiger charge is 2.10. The van der Waals surface area contributed by atoms with Gasteiger partial charge < -0.3 is 0 Å². The number of aryl methyl sites for hydroxylation is 2. The number of benzene rings is 1. The van der Waals surface area contributed by atoms with E-state index in [1.165, 1.54) is 0 Å². The molecular formula is C9H8ClFN2. The highest BCUT2D eigenvalue weighted by molar-refractivity contribution is 6.31. The van der Waals surface area contributed by atoms with Crippen LogP contribution in [0.15, 0.2) is 12.3 Å². The van der Waals surface area contributed by atoms with Crippen LogP contribution in [0.4, 0.5) is 4.39 Å². The smallest absolute Gasteiger partial charge is 0.146 e. The van der Waals surface area contributed by atoms with Gasteiger partial charge in [-0.05, 0) is 13.0 Å². The summed E-state index contributed by atoms with van der Waals surface area (Å²) < 4.78 is 14.9. The largest absolute Gasteiger partial charge is 0.275 e. The van der Waals surface area contributed by atoms with E-state index in [1.807, 2.05) is 6.20 Å². The first-order chi connectivity index (χ1) is 6.09. The lowest BCUT2D eigenvalue weighted by Crippen LogP contribution is -1.88. The maximum absolute atomic E-state index is 13.3. The Morgan fingerprint density at radius 1 is 1.54 bits per heavy atom. The molecular weight excluding hydrogens is 191 g/mol. The first kappa shape index (κ1) is 8.51. The predicted octanol–water partition coefficient (Wildman–Crippen LogP) is 2.67. The highest BCUT2D eigenvalue weighted by atomic mass is 35.5. The molecule has 68 valence electrons. The van der Waals surface area contributed by atoms with Crippen molar-refractivity contribution in [3.05, 3.63) is 28.7 Å². The van der Waals surface area contributed by atoms with Gasteiger partial charge in [0.1, 0.15) is 5.82 Å². The first-order valence-corrected chi connectivity index (χ1v) is 4.25. The summed E-state index contributed by atoms with van der Waals surface area (Å²) >= 11 is 5.69. The molecule has 2 nitrogen and oxygen atoms in total. The number of rotatable bonds is 0. The second-order valence-corrected chi connectivity index (χ2v) is 3.45. The van der Waals surface area contributed by atoms with E-state index in [2.05, 4.69) is 5.10 Å². The van der Waals surface area contributed by atoms with Crippen LogP contribution in [0.5, 0.6) is 0 Å². The molecule has 0 aliphatic heterocycles. The monoisotopic (exact) mass is 198 g/mol. The zero-order valence-electron chi connectivity index (χ0n) is 7.31. The fourth-order valence-corrected chi connectivity index (χ4v) is 1.65. The van der Waals surface area contributed by atoms with Crippen molar-refractivity contribution in [3.63, 3.8) is 0 Å². The molecule has 2 rings (SSSR count). The van der Waals surface area contributed by atoms with Crippen LogP contribution in [0, 0.1) is 12.7 Å². The van der Waals surface area contributed by atoms with Crippen molar-refractivity contribution in [2.24, 2.45) is 7.05 Å². The summed E-state index contributed by atoms with van der Waals surface area (Å²) in [5.74, 6) is -0.382. The molecule has 0 bridgehead atoms. The number of halogens is 2. The van der Waals surface area contributed by atoms with Gasteiger partial charge in [-0.1, -0.05) is 11.6 Å². The van der Waals surface area contributed by atoms with Crippen molar-refractivity contribution in [3.8, 4) is 0 Å². The maximum atomic E-state index is 13.3. The summed E-state index contributed by atoms with van der Waals surface area (Å²) in [5.41, 5.74) is 1.17. The average molecular weight is 199 g/mol. The van der Waals surface area contributed by atoms with Gasteiger partial charge in [0.25, 0.3) is 0 Å². The molecule has 0 radical (unpaired) electrons. The molecule has 4 heteroatoms. The normalized spacial score (nSPS) is 11.1. The van der Waals surface area contributed by atoms with E-state index >= 15 is 0 Å². The molecule has 13 heavy (non-hydrogen) atoms. The molecule has 0 saturated heterocycles. The first-order valence-electron chi connectivity index (χ1n) is 3.87. The van der Waals surface area contributed by atoms with Crippen molar-refractivity contribution < 1.29 is 4.39 Å². The van der Waals surface area contributed by atoms with Gasteiger partial charge in [0.2, 0.25) is 0 Å². The number of fused-ring (bicyclic) bond motifs is 1. The minimum atomic E-state index is -0.382. The van der Waals surface area contributed by atoms with E-state index in [0.717, 1.165) is 5.39 Å². The molecule has 0 N–H and O–H groups in total. The number of hydrogen-bond acceptors (Lipinski definition) is 1. The van der Waals surface area contributed by atoms with Crippen LogP contribution in [0.25, 0.3) is 10.9 Å². The Labute approximate surface area is 79.9 Å². The third-order valence-corrected chi connectivity index (χ3v) is 2.31. The SMILES string of the molecule is Cc1c(F)c(Cl)cc2cn(C)nc12. The van der Waals surface area contributed by atoms with Crippen molar-refractivity contribution in [1.29, 1.82) is 0 Å². The third kappa shape index (κ3) is 1.20. The van der Waals surface area contributed by atoms with Gasteiger partial charge in [-0.3, -0.25) is 4.68 Å². The van der Waals surface area contributed by atoms with Gasteiger partial charge in [0.15, 0.2) is 0 Å². The Hall–Kier alpha value is -1.09. The lowest BCUT2D eigenvalue weighted by atomic mass is 10.1. The summed E-state index contributed by atoms with van der Waals surface area (Å²) in [4.78, 5) is 0. The van der Waals surface area contributed by atoms with E-state index in [9.17, 15) is 4.39 Å². The standard InChI is InChI=1S/C9H8ClFN2/c1-5-8(11)7(10)3-6-4-13(2)12-9(5)6/h3-4H,1-2H3. The molecule has 0 aliphatic carbocycles. The van der Waals surface area contributed by atoms with Crippen LogP contribution < -0.4 is 0 Å². The lowest BCUT2D eigenvalue weighted by molar-refractivity contribution is 0.620.